The summed E-state index contributed by atoms with van der Waals surface area (Å²) in [5.41, 5.74) is 0.839. The number of hydrogen-bond acceptors (Lipinski definition) is 3. The van der Waals surface area contributed by atoms with Gasteiger partial charge < -0.3 is 15.2 Å². The van der Waals surface area contributed by atoms with Gasteiger partial charge in [-0.05, 0) is 32.4 Å². The Morgan fingerprint density at radius 2 is 2.06 bits per heavy atom. The van der Waals surface area contributed by atoms with Crippen LogP contribution in [0.2, 0.25) is 0 Å². The first kappa shape index (κ1) is 14.4. The zero-order valence-corrected chi connectivity index (χ0v) is 11.1. The van der Waals surface area contributed by atoms with Crippen LogP contribution in [0.1, 0.15) is 27.2 Å². The quantitative estimate of drug-likeness (QED) is 0.782. The highest BCUT2D eigenvalue weighted by atomic mass is 16.5. The van der Waals surface area contributed by atoms with Gasteiger partial charge in [-0.25, -0.2) is 0 Å². The van der Waals surface area contributed by atoms with E-state index in [0.29, 0.717) is 13.0 Å². The smallest absolute Gasteiger partial charge is 0.308 e. The monoisotopic (exact) mass is 251 g/mol. The molecule has 0 amide bonds. The minimum atomic E-state index is -0.771. The molecule has 1 aromatic rings. The van der Waals surface area contributed by atoms with E-state index in [1.54, 1.807) is 0 Å². The maximum absolute atomic E-state index is 10.9. The fourth-order valence-electron chi connectivity index (χ4n) is 1.61. The largest absolute Gasteiger partial charge is 0.489 e. The number of aliphatic carboxylic acids is 1. The molecule has 0 heterocycles. The molecule has 100 valence electrons. The van der Waals surface area contributed by atoms with Gasteiger partial charge in [0.25, 0.3) is 0 Å². The van der Waals surface area contributed by atoms with Crippen LogP contribution in [0.5, 0.6) is 5.75 Å². The third-order valence-corrected chi connectivity index (χ3v) is 2.63. The van der Waals surface area contributed by atoms with Crippen LogP contribution in [-0.4, -0.2) is 23.7 Å². The lowest BCUT2D eigenvalue weighted by atomic mass is 10.1. The minimum absolute atomic E-state index is 0.0920. The van der Waals surface area contributed by atoms with E-state index >= 15 is 0 Å². The Morgan fingerprint density at radius 3 is 2.61 bits per heavy atom. The predicted molar refractivity (Wildman–Crippen MR) is 72.1 cm³/mol. The van der Waals surface area contributed by atoms with E-state index in [4.69, 9.17) is 9.84 Å². The number of nitrogens with one attached hydrogen (secondary N) is 1. The van der Waals surface area contributed by atoms with Crippen LogP contribution in [0.4, 0.5) is 5.69 Å². The highest BCUT2D eigenvalue weighted by Gasteiger charge is 2.15. The van der Waals surface area contributed by atoms with Gasteiger partial charge in [0, 0.05) is 6.54 Å². The highest BCUT2D eigenvalue weighted by Crippen LogP contribution is 2.25. The molecule has 0 aliphatic heterocycles. The van der Waals surface area contributed by atoms with Crippen molar-refractivity contribution in [1.29, 1.82) is 0 Å². The number of carbonyl (C=O) groups is 1. The predicted octanol–water partition coefficient (Wildman–Crippen LogP) is 3.00. The van der Waals surface area contributed by atoms with Crippen LogP contribution in [0.25, 0.3) is 0 Å². The minimum Gasteiger partial charge on any atom is -0.489 e. The van der Waals surface area contributed by atoms with Crippen molar-refractivity contribution >= 4 is 11.7 Å². The van der Waals surface area contributed by atoms with E-state index in [9.17, 15) is 4.79 Å². The number of carboxylic acid groups (broad SMARTS) is 1. The second-order valence-electron chi connectivity index (χ2n) is 4.49. The summed E-state index contributed by atoms with van der Waals surface area (Å²) in [6, 6.07) is 7.57. The Morgan fingerprint density at radius 1 is 1.39 bits per heavy atom. The summed E-state index contributed by atoms with van der Waals surface area (Å²) >= 11 is 0. The van der Waals surface area contributed by atoms with Crippen molar-refractivity contribution in [3.8, 4) is 5.75 Å². The van der Waals surface area contributed by atoms with Crippen molar-refractivity contribution in [3.05, 3.63) is 24.3 Å². The molecule has 0 spiro atoms. The van der Waals surface area contributed by atoms with E-state index in [-0.39, 0.29) is 12.0 Å². The Hall–Kier alpha value is -1.71. The number of carboxylic acids is 1. The van der Waals surface area contributed by atoms with Gasteiger partial charge in [-0.2, -0.15) is 0 Å². The number of hydrogen-bond donors (Lipinski definition) is 2. The SMILES string of the molecule is CCC(CNc1ccccc1OC(C)C)C(=O)O. The van der Waals surface area contributed by atoms with Crippen molar-refractivity contribution in [2.24, 2.45) is 5.92 Å². The van der Waals surface area contributed by atoms with E-state index in [1.165, 1.54) is 0 Å². The zero-order valence-electron chi connectivity index (χ0n) is 11.1. The summed E-state index contributed by atoms with van der Waals surface area (Å²) in [5.74, 6) is -0.392. The Balaban J connectivity index is 2.69. The second-order valence-corrected chi connectivity index (χ2v) is 4.49. The molecule has 0 aliphatic rings. The van der Waals surface area contributed by atoms with Gasteiger partial charge in [0.1, 0.15) is 5.75 Å². The van der Waals surface area contributed by atoms with Crippen molar-refractivity contribution in [2.45, 2.75) is 33.3 Å². The van der Waals surface area contributed by atoms with Crippen molar-refractivity contribution in [3.63, 3.8) is 0 Å². The van der Waals surface area contributed by atoms with Gasteiger partial charge in [0.15, 0.2) is 0 Å². The molecule has 0 saturated heterocycles. The van der Waals surface area contributed by atoms with E-state index in [0.717, 1.165) is 11.4 Å². The van der Waals surface area contributed by atoms with Crippen LogP contribution in [0.15, 0.2) is 24.3 Å². The van der Waals surface area contributed by atoms with Gasteiger partial charge >= 0.3 is 5.97 Å². The number of para-hydroxylation sites is 2. The Labute approximate surface area is 108 Å². The molecule has 4 nitrogen and oxygen atoms in total. The zero-order chi connectivity index (χ0) is 13.5. The summed E-state index contributed by atoms with van der Waals surface area (Å²) in [6.45, 7) is 6.20. The Bertz CT molecular complexity index is 390. The molecule has 1 atom stereocenters. The van der Waals surface area contributed by atoms with Crippen LogP contribution >= 0.6 is 0 Å². The Kier molecular flexibility index (Phi) is 5.49. The first-order chi connectivity index (χ1) is 8.54. The van der Waals surface area contributed by atoms with Crippen molar-refractivity contribution in [1.82, 2.24) is 0 Å². The van der Waals surface area contributed by atoms with Crippen LogP contribution in [-0.2, 0) is 4.79 Å². The third kappa shape index (κ3) is 4.28. The van der Waals surface area contributed by atoms with Gasteiger partial charge in [0.2, 0.25) is 0 Å². The molecular formula is C14H21NO3. The fraction of sp³-hybridized carbons (Fsp3) is 0.500. The number of anilines is 1. The van der Waals surface area contributed by atoms with Crippen molar-refractivity contribution < 1.29 is 14.6 Å². The van der Waals surface area contributed by atoms with Gasteiger partial charge in [-0.3, -0.25) is 4.79 Å². The number of rotatable bonds is 7. The molecule has 0 bridgehead atoms. The maximum Gasteiger partial charge on any atom is 0.308 e. The normalized spacial score (nSPS) is 12.2. The highest BCUT2D eigenvalue weighted by molar-refractivity contribution is 5.71. The molecular weight excluding hydrogens is 230 g/mol. The molecule has 1 rings (SSSR count). The molecule has 0 aromatic heterocycles. The van der Waals surface area contributed by atoms with E-state index in [2.05, 4.69) is 5.32 Å². The summed E-state index contributed by atoms with van der Waals surface area (Å²) in [5, 5.41) is 12.1. The van der Waals surface area contributed by atoms with Gasteiger partial charge in [-0.1, -0.05) is 19.1 Å². The van der Waals surface area contributed by atoms with Crippen LogP contribution in [0.3, 0.4) is 0 Å². The molecule has 2 N–H and O–H groups in total. The standard InChI is InChI=1S/C14H21NO3/c1-4-11(14(16)17)9-15-12-7-5-6-8-13(12)18-10(2)3/h5-8,10-11,15H,4,9H2,1-3H3,(H,16,17). The third-order valence-electron chi connectivity index (χ3n) is 2.63. The molecule has 1 aromatic carbocycles. The molecule has 1 unspecified atom stereocenters. The van der Waals surface area contributed by atoms with Gasteiger partial charge in [-0.15, -0.1) is 0 Å². The number of benzene rings is 1. The molecule has 4 heteroatoms. The van der Waals surface area contributed by atoms with E-state index in [1.807, 2.05) is 45.0 Å². The first-order valence-corrected chi connectivity index (χ1v) is 6.27. The maximum atomic E-state index is 10.9. The summed E-state index contributed by atoms with van der Waals surface area (Å²) in [6.07, 6.45) is 0.699. The van der Waals surface area contributed by atoms with Crippen LogP contribution < -0.4 is 10.1 Å². The lowest BCUT2D eigenvalue weighted by Crippen LogP contribution is -2.22. The van der Waals surface area contributed by atoms with Crippen molar-refractivity contribution in [2.75, 3.05) is 11.9 Å². The fourth-order valence-corrected chi connectivity index (χ4v) is 1.61. The first-order valence-electron chi connectivity index (χ1n) is 6.27. The molecule has 0 saturated carbocycles. The lowest BCUT2D eigenvalue weighted by Gasteiger charge is -2.17. The molecule has 0 aliphatic carbocycles. The molecule has 0 radical (unpaired) electrons. The summed E-state index contributed by atoms with van der Waals surface area (Å²) < 4.78 is 5.66. The topological polar surface area (TPSA) is 58.6 Å². The lowest BCUT2D eigenvalue weighted by molar-refractivity contribution is -0.141. The average molecular weight is 251 g/mol. The molecule has 18 heavy (non-hydrogen) atoms. The summed E-state index contributed by atoms with van der Waals surface area (Å²) in [4.78, 5) is 10.9. The average Bonchev–Trinajstić information content (AvgIpc) is 2.30. The summed E-state index contributed by atoms with van der Waals surface area (Å²) in [7, 11) is 0. The van der Waals surface area contributed by atoms with Crippen LogP contribution in [0, 0.1) is 5.92 Å². The van der Waals surface area contributed by atoms with E-state index < -0.39 is 5.97 Å². The number of ether oxygens (including phenoxy) is 1. The molecule has 0 fully saturated rings. The van der Waals surface area contributed by atoms with Gasteiger partial charge in [0.05, 0.1) is 17.7 Å². The second kappa shape index (κ2) is 6.89.